The lowest BCUT2D eigenvalue weighted by atomic mass is 9.81. The van der Waals surface area contributed by atoms with Gasteiger partial charge in [0.05, 0.1) is 11.4 Å². The number of para-hydroxylation sites is 2. The molecule has 0 bridgehead atoms. The Balaban J connectivity index is 1.40. The molecule has 0 fully saturated rings. The number of benzene rings is 8. The maximum absolute atomic E-state index is 2.52. The maximum Gasteiger partial charge on any atom is 0.0618 e. The van der Waals surface area contributed by atoms with Gasteiger partial charge in [-0.3, -0.25) is 0 Å². The molecule has 0 spiro atoms. The van der Waals surface area contributed by atoms with E-state index < -0.39 is 0 Å². The lowest BCUT2D eigenvalue weighted by molar-refractivity contribution is 0.660. The highest BCUT2D eigenvalue weighted by Crippen LogP contribution is 2.57. The summed E-state index contributed by atoms with van der Waals surface area (Å²) in [4.78, 5) is 2.52. The summed E-state index contributed by atoms with van der Waals surface area (Å²) in [6.07, 6.45) is 0. The molecule has 0 aromatic heterocycles. The Kier molecular flexibility index (Phi) is 7.90. The van der Waals surface area contributed by atoms with E-state index in [1.54, 1.807) is 0 Å². The Bertz CT molecular complexity index is 2440. The van der Waals surface area contributed by atoms with Gasteiger partial charge in [0.25, 0.3) is 0 Å². The van der Waals surface area contributed by atoms with Crippen molar-refractivity contribution in [3.05, 3.63) is 211 Å². The number of hydrogen-bond acceptors (Lipinski definition) is 1. The number of fused-ring (bicyclic) bond motifs is 3. The molecule has 0 amide bonds. The van der Waals surface area contributed by atoms with E-state index in [-0.39, 0.29) is 5.41 Å². The quantitative estimate of drug-likeness (QED) is 0.164. The second-order valence-corrected chi connectivity index (χ2v) is 14.1. The van der Waals surface area contributed by atoms with E-state index in [1.165, 1.54) is 66.8 Å². The lowest BCUT2D eigenvalue weighted by Gasteiger charge is -2.33. The van der Waals surface area contributed by atoms with E-state index in [1.807, 2.05) is 0 Å². The van der Waals surface area contributed by atoms with Gasteiger partial charge in [0.2, 0.25) is 0 Å². The first-order valence-corrected chi connectivity index (χ1v) is 18.1. The summed E-state index contributed by atoms with van der Waals surface area (Å²) in [7, 11) is 0. The number of anilines is 3. The summed E-state index contributed by atoms with van der Waals surface area (Å²) in [5.74, 6) is 0. The summed E-state index contributed by atoms with van der Waals surface area (Å²) in [6.45, 7) is 4.77. The molecule has 0 radical (unpaired) electrons. The topological polar surface area (TPSA) is 3.24 Å². The van der Waals surface area contributed by atoms with Crippen molar-refractivity contribution in [2.45, 2.75) is 19.3 Å². The Labute approximate surface area is 307 Å². The van der Waals surface area contributed by atoms with Crippen molar-refractivity contribution in [3.63, 3.8) is 0 Å². The number of rotatable bonds is 7. The zero-order valence-corrected chi connectivity index (χ0v) is 29.5. The van der Waals surface area contributed by atoms with Crippen molar-refractivity contribution < 1.29 is 0 Å². The van der Waals surface area contributed by atoms with Crippen LogP contribution in [-0.4, -0.2) is 0 Å². The van der Waals surface area contributed by atoms with Crippen LogP contribution in [0.15, 0.2) is 200 Å². The summed E-state index contributed by atoms with van der Waals surface area (Å²) in [5, 5.41) is 0. The highest BCUT2D eigenvalue weighted by Gasteiger charge is 2.39. The van der Waals surface area contributed by atoms with Crippen molar-refractivity contribution in [1.82, 2.24) is 0 Å². The third-order valence-corrected chi connectivity index (χ3v) is 10.7. The summed E-state index contributed by atoms with van der Waals surface area (Å²) >= 11 is 0. The molecule has 0 saturated carbocycles. The van der Waals surface area contributed by atoms with Crippen molar-refractivity contribution >= 4 is 17.1 Å². The molecule has 248 valence electrons. The molecule has 0 saturated heterocycles. The largest absolute Gasteiger partial charge is 0.309 e. The molecule has 0 heterocycles. The lowest BCUT2D eigenvalue weighted by Crippen LogP contribution is -2.18. The molecule has 0 N–H and O–H groups in total. The van der Waals surface area contributed by atoms with Gasteiger partial charge in [-0.05, 0) is 74.3 Å². The van der Waals surface area contributed by atoms with E-state index >= 15 is 0 Å². The van der Waals surface area contributed by atoms with Crippen molar-refractivity contribution in [2.24, 2.45) is 0 Å². The van der Waals surface area contributed by atoms with E-state index in [0.717, 1.165) is 17.1 Å². The number of hydrogen-bond donors (Lipinski definition) is 0. The van der Waals surface area contributed by atoms with Crippen LogP contribution in [-0.2, 0) is 5.41 Å². The minimum absolute atomic E-state index is 0.219. The molecule has 1 aliphatic carbocycles. The van der Waals surface area contributed by atoms with Crippen LogP contribution in [0.25, 0.3) is 55.6 Å². The monoisotopic (exact) mass is 665 g/mol. The van der Waals surface area contributed by atoms with Crippen molar-refractivity contribution in [1.29, 1.82) is 0 Å². The average Bonchev–Trinajstić information content (AvgIpc) is 3.44. The molecule has 52 heavy (non-hydrogen) atoms. The molecule has 1 heteroatoms. The fourth-order valence-corrected chi connectivity index (χ4v) is 8.16. The van der Waals surface area contributed by atoms with Crippen LogP contribution in [0.4, 0.5) is 17.1 Å². The van der Waals surface area contributed by atoms with Crippen LogP contribution in [0.5, 0.6) is 0 Å². The predicted molar refractivity (Wildman–Crippen MR) is 220 cm³/mol. The maximum atomic E-state index is 2.52. The van der Waals surface area contributed by atoms with Gasteiger partial charge in [-0.15, -0.1) is 0 Å². The van der Waals surface area contributed by atoms with Gasteiger partial charge in [0, 0.05) is 27.8 Å². The van der Waals surface area contributed by atoms with E-state index in [4.69, 9.17) is 0 Å². The summed E-state index contributed by atoms with van der Waals surface area (Å²) in [6, 6.07) is 72.8. The van der Waals surface area contributed by atoms with Gasteiger partial charge >= 0.3 is 0 Å². The first-order valence-electron chi connectivity index (χ1n) is 18.1. The normalized spacial score (nSPS) is 12.6. The van der Waals surface area contributed by atoms with Crippen LogP contribution in [0.2, 0.25) is 0 Å². The Morgan fingerprint density at radius 3 is 1.29 bits per heavy atom. The van der Waals surface area contributed by atoms with Crippen LogP contribution in [0.3, 0.4) is 0 Å². The average molecular weight is 666 g/mol. The molecule has 0 aliphatic heterocycles. The fraction of sp³-hybridized carbons (Fsp3) is 0.0588. The first-order chi connectivity index (χ1) is 25.6. The van der Waals surface area contributed by atoms with Crippen molar-refractivity contribution in [3.8, 4) is 55.6 Å². The molecule has 0 unspecified atom stereocenters. The Morgan fingerprint density at radius 1 is 0.346 bits per heavy atom. The van der Waals surface area contributed by atoms with Crippen LogP contribution in [0.1, 0.15) is 25.0 Å². The van der Waals surface area contributed by atoms with Gasteiger partial charge < -0.3 is 4.90 Å². The van der Waals surface area contributed by atoms with Gasteiger partial charge in [-0.1, -0.05) is 190 Å². The van der Waals surface area contributed by atoms with E-state index in [2.05, 4.69) is 219 Å². The van der Waals surface area contributed by atoms with Gasteiger partial charge in [-0.2, -0.15) is 0 Å². The third-order valence-electron chi connectivity index (χ3n) is 10.7. The molecule has 8 aromatic rings. The summed E-state index contributed by atoms with van der Waals surface area (Å²) in [5.41, 5.74) is 18.1. The minimum Gasteiger partial charge on any atom is -0.309 e. The van der Waals surface area contributed by atoms with Gasteiger partial charge in [-0.25, -0.2) is 0 Å². The highest BCUT2D eigenvalue weighted by molar-refractivity contribution is 6.03. The van der Waals surface area contributed by atoms with Crippen molar-refractivity contribution in [2.75, 3.05) is 4.90 Å². The molecular weight excluding hydrogens is 627 g/mol. The predicted octanol–water partition coefficient (Wildman–Crippen LogP) is 14.1. The zero-order valence-electron chi connectivity index (χ0n) is 29.5. The fourth-order valence-electron chi connectivity index (χ4n) is 8.16. The Hall–Kier alpha value is -6.44. The molecular formula is C51H39N. The second-order valence-electron chi connectivity index (χ2n) is 14.1. The highest BCUT2D eigenvalue weighted by atomic mass is 15.2. The van der Waals surface area contributed by atoms with E-state index in [0.29, 0.717) is 0 Å². The third kappa shape index (κ3) is 5.34. The molecule has 0 atom stereocenters. The zero-order chi connectivity index (χ0) is 35.1. The Morgan fingerprint density at radius 2 is 0.769 bits per heavy atom. The smallest absolute Gasteiger partial charge is 0.0618 e. The first kappa shape index (κ1) is 31.5. The molecule has 1 nitrogen and oxygen atoms in total. The number of nitrogens with zero attached hydrogens (tertiary/aromatic N) is 1. The van der Waals surface area contributed by atoms with Gasteiger partial charge in [0.15, 0.2) is 0 Å². The van der Waals surface area contributed by atoms with Crippen LogP contribution >= 0.6 is 0 Å². The SMILES string of the molecule is CC1(C)c2cc(N(c3ccccc3)c3c(-c4ccccc4)cccc3-c3ccccc3)c(-c3ccccc3)cc2-c2c(-c3ccccc3)cccc21. The van der Waals surface area contributed by atoms with E-state index in [9.17, 15) is 0 Å². The molecule has 9 rings (SSSR count). The molecule has 1 aliphatic rings. The molecule has 8 aromatic carbocycles. The van der Waals surface area contributed by atoms with Gasteiger partial charge in [0.1, 0.15) is 0 Å². The summed E-state index contributed by atoms with van der Waals surface area (Å²) < 4.78 is 0. The standard InChI is InChI=1S/C51H39N/c1-51(2)46-33-19-30-41(36-20-8-3-9-21-36)49(46)45-34-44(39-26-14-6-15-27-39)48(35-47(45)51)52(40-28-16-7-17-29-40)50-42(37-22-10-4-11-23-37)31-18-32-43(50)38-24-12-5-13-25-38/h3-35H,1-2H3. The second kappa shape index (κ2) is 13.0. The van der Waals surface area contributed by atoms with Crippen LogP contribution < -0.4 is 4.90 Å². The van der Waals surface area contributed by atoms with Crippen LogP contribution in [0, 0.1) is 0 Å². The minimum atomic E-state index is -0.219.